The van der Waals surface area contributed by atoms with E-state index in [-0.39, 0.29) is 22.7 Å². The van der Waals surface area contributed by atoms with E-state index in [4.69, 9.17) is 0 Å². The van der Waals surface area contributed by atoms with Crippen molar-refractivity contribution in [1.29, 1.82) is 0 Å². The topological polar surface area (TPSA) is 57.5 Å². The fraction of sp³-hybridized carbons (Fsp3) is 0.800. The molecule has 1 spiro atoms. The minimum atomic E-state index is -0.784. The van der Waals surface area contributed by atoms with Gasteiger partial charge in [0.2, 0.25) is 0 Å². The highest BCUT2D eigenvalue weighted by Gasteiger charge is 2.67. The quantitative estimate of drug-likeness (QED) is 0.751. The third-order valence-corrected chi connectivity index (χ3v) is 5.96. The van der Waals surface area contributed by atoms with Gasteiger partial charge in [-0.15, -0.1) is 0 Å². The van der Waals surface area contributed by atoms with Crippen LogP contribution in [0.2, 0.25) is 0 Å². The summed E-state index contributed by atoms with van der Waals surface area (Å²) in [5.41, 5.74) is 0.484. The van der Waals surface area contributed by atoms with Crippen LogP contribution < -0.4 is 0 Å². The van der Waals surface area contributed by atoms with Gasteiger partial charge in [0, 0.05) is 11.5 Å². The van der Waals surface area contributed by atoms with E-state index in [0.29, 0.717) is 11.5 Å². The van der Waals surface area contributed by atoms with Crippen LogP contribution in [-0.2, 0) is 4.79 Å². The molecule has 0 bridgehead atoms. The number of hydrogen-bond acceptors (Lipinski definition) is 2. The Bertz CT molecular complexity index is 437. The molecule has 2 saturated carbocycles. The summed E-state index contributed by atoms with van der Waals surface area (Å²) in [6, 6.07) is 0. The molecule has 2 fully saturated rings. The highest BCUT2D eigenvalue weighted by Crippen LogP contribution is 2.70. The average molecular weight is 250 g/mol. The fourth-order valence-corrected chi connectivity index (χ4v) is 5.17. The number of carbonyl (C=O) groups is 1. The predicted octanol–water partition coefficient (Wildman–Crippen LogP) is 2.45. The standard InChI is InChI=1S/C15H22O3/c1-8-4-5-10-9(13(17)18)6-11-12(16)14(2,3)7-15(8,10)11/h6,8,10-12,16H,4-5,7H2,1-3H3,(H,17,18). The van der Waals surface area contributed by atoms with Gasteiger partial charge in [-0.25, -0.2) is 4.79 Å². The van der Waals surface area contributed by atoms with Crippen molar-refractivity contribution in [2.24, 2.45) is 28.6 Å². The second-order valence-electron chi connectivity index (χ2n) is 7.21. The number of aliphatic carboxylic acids is 1. The Morgan fingerprint density at radius 2 is 2.06 bits per heavy atom. The molecule has 0 aromatic heterocycles. The van der Waals surface area contributed by atoms with Gasteiger partial charge in [-0.05, 0) is 41.9 Å². The van der Waals surface area contributed by atoms with Crippen LogP contribution in [-0.4, -0.2) is 22.3 Å². The zero-order valence-electron chi connectivity index (χ0n) is 11.3. The molecule has 0 aromatic carbocycles. The van der Waals surface area contributed by atoms with E-state index >= 15 is 0 Å². The summed E-state index contributed by atoms with van der Waals surface area (Å²) in [5, 5.41) is 19.9. The maximum absolute atomic E-state index is 11.4. The van der Waals surface area contributed by atoms with E-state index in [1.807, 2.05) is 6.08 Å². The molecule has 0 heterocycles. The van der Waals surface area contributed by atoms with Crippen molar-refractivity contribution in [2.45, 2.75) is 46.1 Å². The highest BCUT2D eigenvalue weighted by molar-refractivity contribution is 5.88. The molecule has 18 heavy (non-hydrogen) atoms. The number of aliphatic hydroxyl groups excluding tert-OH is 1. The van der Waals surface area contributed by atoms with Crippen LogP contribution in [0, 0.1) is 28.6 Å². The van der Waals surface area contributed by atoms with Crippen molar-refractivity contribution in [2.75, 3.05) is 0 Å². The van der Waals surface area contributed by atoms with E-state index < -0.39 is 12.1 Å². The van der Waals surface area contributed by atoms with Crippen LogP contribution in [0.1, 0.15) is 40.0 Å². The van der Waals surface area contributed by atoms with E-state index in [0.717, 1.165) is 19.3 Å². The maximum atomic E-state index is 11.4. The van der Waals surface area contributed by atoms with Crippen molar-refractivity contribution in [1.82, 2.24) is 0 Å². The molecule has 5 unspecified atom stereocenters. The van der Waals surface area contributed by atoms with Gasteiger partial charge in [0.25, 0.3) is 0 Å². The Hall–Kier alpha value is -0.830. The molecular weight excluding hydrogens is 228 g/mol. The van der Waals surface area contributed by atoms with Gasteiger partial charge in [-0.2, -0.15) is 0 Å². The first-order valence-electron chi connectivity index (χ1n) is 6.94. The van der Waals surface area contributed by atoms with E-state index in [1.165, 1.54) is 0 Å². The third-order valence-electron chi connectivity index (χ3n) is 5.96. The molecule has 0 aliphatic heterocycles. The molecule has 5 atom stereocenters. The molecule has 100 valence electrons. The normalized spacial score (nSPS) is 48.8. The van der Waals surface area contributed by atoms with Gasteiger partial charge in [0.1, 0.15) is 0 Å². The molecule has 3 heteroatoms. The summed E-state index contributed by atoms with van der Waals surface area (Å²) < 4.78 is 0. The summed E-state index contributed by atoms with van der Waals surface area (Å²) >= 11 is 0. The molecule has 3 nitrogen and oxygen atoms in total. The van der Waals surface area contributed by atoms with Gasteiger partial charge in [0.05, 0.1) is 6.10 Å². The smallest absolute Gasteiger partial charge is 0.331 e. The van der Waals surface area contributed by atoms with Crippen LogP contribution in [0.5, 0.6) is 0 Å². The summed E-state index contributed by atoms with van der Waals surface area (Å²) in [4.78, 5) is 11.4. The molecular formula is C15H22O3. The van der Waals surface area contributed by atoms with E-state index in [2.05, 4.69) is 20.8 Å². The maximum Gasteiger partial charge on any atom is 0.331 e. The number of rotatable bonds is 1. The van der Waals surface area contributed by atoms with Crippen LogP contribution in [0.15, 0.2) is 11.6 Å². The highest BCUT2D eigenvalue weighted by atomic mass is 16.4. The predicted molar refractivity (Wildman–Crippen MR) is 67.9 cm³/mol. The summed E-state index contributed by atoms with van der Waals surface area (Å²) in [6.45, 7) is 6.46. The monoisotopic (exact) mass is 250 g/mol. The van der Waals surface area contributed by atoms with Crippen molar-refractivity contribution < 1.29 is 15.0 Å². The number of carboxylic acids is 1. The van der Waals surface area contributed by atoms with Crippen LogP contribution >= 0.6 is 0 Å². The molecule has 0 amide bonds. The first kappa shape index (κ1) is 12.2. The second kappa shape index (κ2) is 3.38. The SMILES string of the molecule is CC1CCC2C(C(=O)O)=CC3C(O)C(C)(C)CC123. The first-order chi connectivity index (χ1) is 8.30. The number of aliphatic hydroxyl groups is 1. The Balaban J connectivity index is 2.11. The summed E-state index contributed by atoms with van der Waals surface area (Å²) in [6.07, 6.45) is 4.48. The van der Waals surface area contributed by atoms with Gasteiger partial charge in [-0.3, -0.25) is 0 Å². The lowest BCUT2D eigenvalue weighted by Crippen LogP contribution is -2.33. The minimum absolute atomic E-state index is 0.0106. The molecule has 2 N–H and O–H groups in total. The van der Waals surface area contributed by atoms with Crippen LogP contribution in [0.25, 0.3) is 0 Å². The van der Waals surface area contributed by atoms with Gasteiger partial charge in [0.15, 0.2) is 0 Å². The lowest BCUT2D eigenvalue weighted by atomic mass is 9.67. The number of carboxylic acid groups (broad SMARTS) is 1. The van der Waals surface area contributed by atoms with E-state index in [1.54, 1.807) is 0 Å². The third kappa shape index (κ3) is 1.21. The van der Waals surface area contributed by atoms with Gasteiger partial charge in [-0.1, -0.05) is 26.8 Å². The second-order valence-corrected chi connectivity index (χ2v) is 7.21. The Morgan fingerprint density at radius 3 is 2.67 bits per heavy atom. The van der Waals surface area contributed by atoms with Crippen molar-refractivity contribution in [3.8, 4) is 0 Å². The summed E-state index contributed by atoms with van der Waals surface area (Å²) in [5.74, 6) is -0.0718. The Kier molecular flexibility index (Phi) is 2.30. The average Bonchev–Trinajstić information content (AvgIpc) is 2.79. The van der Waals surface area contributed by atoms with Crippen molar-refractivity contribution >= 4 is 5.97 Å². The first-order valence-corrected chi connectivity index (χ1v) is 6.94. The van der Waals surface area contributed by atoms with E-state index in [9.17, 15) is 15.0 Å². The minimum Gasteiger partial charge on any atom is -0.478 e. The van der Waals surface area contributed by atoms with Crippen molar-refractivity contribution in [3.63, 3.8) is 0 Å². The Morgan fingerprint density at radius 1 is 1.39 bits per heavy atom. The van der Waals surface area contributed by atoms with Gasteiger partial charge < -0.3 is 10.2 Å². The zero-order valence-corrected chi connectivity index (χ0v) is 11.3. The van der Waals surface area contributed by atoms with Crippen LogP contribution in [0.3, 0.4) is 0 Å². The molecule has 0 aromatic rings. The molecule has 3 aliphatic rings. The lowest BCUT2D eigenvalue weighted by molar-refractivity contribution is -0.133. The molecule has 3 aliphatic carbocycles. The fourth-order valence-electron chi connectivity index (χ4n) is 5.17. The Labute approximate surface area is 108 Å². The van der Waals surface area contributed by atoms with Crippen LogP contribution in [0.4, 0.5) is 0 Å². The zero-order chi connectivity index (χ0) is 13.3. The van der Waals surface area contributed by atoms with Gasteiger partial charge >= 0.3 is 5.97 Å². The van der Waals surface area contributed by atoms with Crippen molar-refractivity contribution in [3.05, 3.63) is 11.6 Å². The summed E-state index contributed by atoms with van der Waals surface area (Å²) in [7, 11) is 0. The molecule has 0 radical (unpaired) electrons. The lowest BCUT2D eigenvalue weighted by Gasteiger charge is -2.36. The largest absolute Gasteiger partial charge is 0.478 e. The molecule has 3 rings (SSSR count). The molecule has 0 saturated heterocycles. The number of hydrogen-bond donors (Lipinski definition) is 2.